The molecule has 100 valence electrons. The number of rotatable bonds is 6. The summed E-state index contributed by atoms with van der Waals surface area (Å²) in [6.45, 7) is 5.38. The Morgan fingerprint density at radius 1 is 1.22 bits per heavy atom. The SMILES string of the molecule is CCCN(CCC)C(=O)c1ccccc1[Se](=O)O. The third kappa shape index (κ3) is 3.73. The molecule has 1 rings (SSSR count). The van der Waals surface area contributed by atoms with E-state index in [1.54, 1.807) is 29.2 Å². The van der Waals surface area contributed by atoms with Gasteiger partial charge in [0.25, 0.3) is 0 Å². The predicted octanol–water partition coefficient (Wildman–Crippen LogP) is 1.07. The Morgan fingerprint density at radius 2 is 1.78 bits per heavy atom. The molecule has 1 atom stereocenters. The summed E-state index contributed by atoms with van der Waals surface area (Å²) >= 11 is -3.07. The monoisotopic (exact) mass is 317 g/mol. The van der Waals surface area contributed by atoms with Crippen molar-refractivity contribution in [3.8, 4) is 0 Å². The summed E-state index contributed by atoms with van der Waals surface area (Å²) in [7, 11) is 0. The molecule has 1 unspecified atom stereocenters. The van der Waals surface area contributed by atoms with E-state index in [0.717, 1.165) is 12.8 Å². The van der Waals surface area contributed by atoms with Crippen molar-refractivity contribution in [1.29, 1.82) is 0 Å². The number of hydrogen-bond donors (Lipinski definition) is 1. The molecular formula is C13H19NO3Se. The number of benzene rings is 1. The van der Waals surface area contributed by atoms with Gasteiger partial charge < -0.3 is 0 Å². The van der Waals surface area contributed by atoms with E-state index in [1.165, 1.54) is 0 Å². The Labute approximate surface area is 112 Å². The van der Waals surface area contributed by atoms with E-state index < -0.39 is 14.2 Å². The van der Waals surface area contributed by atoms with Crippen molar-refractivity contribution in [3.63, 3.8) is 0 Å². The summed E-state index contributed by atoms with van der Waals surface area (Å²) in [4.78, 5) is 14.1. The first kappa shape index (κ1) is 15.0. The molecule has 0 fully saturated rings. The predicted molar refractivity (Wildman–Crippen MR) is 71.2 cm³/mol. The summed E-state index contributed by atoms with van der Waals surface area (Å²) < 4.78 is 20.9. The Balaban J connectivity index is 3.04. The van der Waals surface area contributed by atoms with E-state index in [1.807, 2.05) is 13.8 Å². The third-order valence-corrected chi connectivity index (χ3v) is 4.12. The third-order valence-electron chi connectivity index (χ3n) is 2.58. The Hall–Kier alpha value is -1.03. The normalized spacial score (nSPS) is 12.2. The van der Waals surface area contributed by atoms with Gasteiger partial charge in [0.1, 0.15) is 0 Å². The molecule has 0 radical (unpaired) electrons. The number of nitrogens with zero attached hydrogens (tertiary/aromatic N) is 1. The van der Waals surface area contributed by atoms with Crippen LogP contribution in [0.15, 0.2) is 24.3 Å². The van der Waals surface area contributed by atoms with E-state index in [9.17, 15) is 12.8 Å². The Morgan fingerprint density at radius 3 is 2.28 bits per heavy atom. The van der Waals surface area contributed by atoms with Crippen LogP contribution >= 0.6 is 0 Å². The molecule has 0 spiro atoms. The summed E-state index contributed by atoms with van der Waals surface area (Å²) in [5, 5.41) is 0. The van der Waals surface area contributed by atoms with E-state index in [-0.39, 0.29) is 10.4 Å². The van der Waals surface area contributed by atoms with Gasteiger partial charge in [-0.2, -0.15) is 0 Å². The summed E-state index contributed by atoms with van der Waals surface area (Å²) in [5.41, 5.74) is 0.363. The molecule has 0 heterocycles. The quantitative estimate of drug-likeness (QED) is 0.799. The summed E-state index contributed by atoms with van der Waals surface area (Å²) in [6.07, 6.45) is 1.76. The van der Waals surface area contributed by atoms with Crippen molar-refractivity contribution in [2.75, 3.05) is 13.1 Å². The van der Waals surface area contributed by atoms with Crippen LogP contribution in [0.4, 0.5) is 0 Å². The first-order chi connectivity index (χ1) is 8.61. The van der Waals surface area contributed by atoms with Crippen LogP contribution < -0.4 is 4.46 Å². The molecule has 1 N–H and O–H groups in total. The maximum absolute atomic E-state index is 12.3. The second-order valence-corrected chi connectivity index (χ2v) is 6.01. The second kappa shape index (κ2) is 7.41. The van der Waals surface area contributed by atoms with Gasteiger partial charge in [0.05, 0.1) is 0 Å². The van der Waals surface area contributed by atoms with Gasteiger partial charge in [0.2, 0.25) is 0 Å². The molecule has 18 heavy (non-hydrogen) atoms. The first-order valence-electron chi connectivity index (χ1n) is 6.11. The molecular weight excluding hydrogens is 297 g/mol. The van der Waals surface area contributed by atoms with Crippen LogP contribution in [-0.2, 0) is 3.83 Å². The molecule has 0 aliphatic carbocycles. The Kier molecular flexibility index (Phi) is 6.19. The van der Waals surface area contributed by atoms with E-state index in [0.29, 0.717) is 18.7 Å². The van der Waals surface area contributed by atoms with Crippen LogP contribution in [0, 0.1) is 0 Å². The molecule has 5 heteroatoms. The van der Waals surface area contributed by atoms with Crippen molar-refractivity contribution < 1.29 is 12.8 Å². The van der Waals surface area contributed by atoms with Crippen LogP contribution in [0.2, 0.25) is 0 Å². The fraction of sp³-hybridized carbons (Fsp3) is 0.462. The van der Waals surface area contributed by atoms with Gasteiger partial charge >= 0.3 is 112 Å². The molecule has 0 aromatic heterocycles. The topological polar surface area (TPSA) is 57.6 Å². The summed E-state index contributed by atoms with van der Waals surface area (Å²) in [5.74, 6) is -0.145. The molecule has 4 nitrogen and oxygen atoms in total. The molecule has 0 aliphatic rings. The van der Waals surface area contributed by atoms with Crippen LogP contribution in [0.1, 0.15) is 37.0 Å². The fourth-order valence-electron chi connectivity index (χ4n) is 1.82. The molecule has 0 saturated carbocycles. The van der Waals surface area contributed by atoms with Crippen LogP contribution in [0.25, 0.3) is 0 Å². The van der Waals surface area contributed by atoms with Crippen LogP contribution in [0.3, 0.4) is 0 Å². The van der Waals surface area contributed by atoms with Crippen LogP contribution in [0.5, 0.6) is 0 Å². The van der Waals surface area contributed by atoms with Gasteiger partial charge in [-0.05, 0) is 0 Å². The number of amides is 1. The van der Waals surface area contributed by atoms with E-state index >= 15 is 0 Å². The molecule has 1 amide bonds. The van der Waals surface area contributed by atoms with E-state index in [4.69, 9.17) is 0 Å². The standard InChI is InChI=1S/C13H19NO3Se/c1-3-9-14(10-4-2)13(15)11-7-5-6-8-12(11)18(16)17/h5-8H,3-4,9-10H2,1-2H3,(H,16,17). The fourth-order valence-corrected chi connectivity index (χ4v) is 2.95. The van der Waals surface area contributed by atoms with Gasteiger partial charge in [-0.25, -0.2) is 0 Å². The average molecular weight is 316 g/mol. The molecule has 0 aliphatic heterocycles. The number of hydrogen-bond acceptors (Lipinski definition) is 2. The number of carbonyl (C=O) groups excluding carboxylic acids is 1. The number of carbonyl (C=O) groups is 1. The summed E-state index contributed by atoms with van der Waals surface area (Å²) in [6, 6.07) is 6.59. The molecule has 1 aromatic rings. The zero-order chi connectivity index (χ0) is 13.5. The van der Waals surface area contributed by atoms with Gasteiger partial charge in [-0.15, -0.1) is 0 Å². The molecule has 0 saturated heterocycles. The van der Waals surface area contributed by atoms with Gasteiger partial charge in [-0.1, -0.05) is 0 Å². The van der Waals surface area contributed by atoms with Gasteiger partial charge in [-0.3, -0.25) is 0 Å². The minimum atomic E-state index is -3.07. The molecule has 1 aromatic carbocycles. The van der Waals surface area contributed by atoms with Gasteiger partial charge in [0.15, 0.2) is 0 Å². The van der Waals surface area contributed by atoms with Crippen molar-refractivity contribution >= 4 is 24.5 Å². The minimum absolute atomic E-state index is 0.145. The van der Waals surface area contributed by atoms with Crippen molar-refractivity contribution in [1.82, 2.24) is 4.90 Å². The second-order valence-electron chi connectivity index (χ2n) is 4.04. The zero-order valence-corrected chi connectivity index (χ0v) is 12.5. The van der Waals surface area contributed by atoms with Crippen molar-refractivity contribution in [3.05, 3.63) is 29.8 Å². The first-order valence-corrected chi connectivity index (χ1v) is 8.43. The maximum atomic E-state index is 12.3. The Bertz CT molecular complexity index is 428. The molecule has 0 bridgehead atoms. The van der Waals surface area contributed by atoms with Gasteiger partial charge in [0, 0.05) is 0 Å². The van der Waals surface area contributed by atoms with Crippen molar-refractivity contribution in [2.24, 2.45) is 0 Å². The van der Waals surface area contributed by atoms with Crippen molar-refractivity contribution in [2.45, 2.75) is 26.7 Å². The van der Waals surface area contributed by atoms with E-state index in [2.05, 4.69) is 0 Å². The average Bonchev–Trinajstić information content (AvgIpc) is 2.37. The zero-order valence-electron chi connectivity index (χ0n) is 10.8. The van der Waals surface area contributed by atoms with Crippen LogP contribution in [-0.4, -0.2) is 42.2 Å².